The van der Waals surface area contributed by atoms with Crippen molar-refractivity contribution in [2.24, 2.45) is 5.92 Å². The Bertz CT molecular complexity index is 471. The first kappa shape index (κ1) is 11.6. The van der Waals surface area contributed by atoms with Crippen molar-refractivity contribution >= 4 is 11.9 Å². The van der Waals surface area contributed by atoms with Gasteiger partial charge in [-0.15, -0.1) is 0 Å². The molecule has 0 saturated carbocycles. The van der Waals surface area contributed by atoms with Crippen LogP contribution in [0.1, 0.15) is 29.9 Å². The Balaban J connectivity index is 2.33. The van der Waals surface area contributed by atoms with Gasteiger partial charge in [0.1, 0.15) is 11.7 Å². The predicted octanol–water partition coefficient (Wildman–Crippen LogP) is 1.15. The van der Waals surface area contributed by atoms with Crippen LogP contribution >= 0.6 is 0 Å². The van der Waals surface area contributed by atoms with Crippen LogP contribution in [0, 0.1) is 5.92 Å². The molecule has 1 atom stereocenters. The number of fused-ring (bicyclic) bond motifs is 1. The third-order valence-corrected chi connectivity index (χ3v) is 2.92. The smallest absolute Gasteiger partial charge is 0.326 e. The van der Waals surface area contributed by atoms with Gasteiger partial charge in [0.05, 0.1) is 0 Å². The van der Waals surface area contributed by atoms with Crippen molar-refractivity contribution in [3.63, 3.8) is 0 Å². The van der Waals surface area contributed by atoms with Gasteiger partial charge in [0, 0.05) is 18.3 Å². The SMILES string of the molecule is CC(C)[C@H](C(=O)O)N1Cc2cccnc2C1=O. The van der Waals surface area contributed by atoms with Crippen LogP contribution in [0.2, 0.25) is 0 Å². The molecule has 0 fully saturated rings. The Morgan fingerprint density at radius 2 is 2.24 bits per heavy atom. The first-order chi connectivity index (χ1) is 8.02. The molecular formula is C12H14N2O3. The molecule has 1 aliphatic rings. The number of carbonyl (C=O) groups is 2. The molecule has 0 saturated heterocycles. The molecule has 0 aromatic carbocycles. The van der Waals surface area contributed by atoms with Gasteiger partial charge >= 0.3 is 5.97 Å². The molecule has 1 aromatic rings. The van der Waals surface area contributed by atoms with Gasteiger partial charge in [0.15, 0.2) is 0 Å². The topological polar surface area (TPSA) is 70.5 Å². The molecule has 0 unspecified atom stereocenters. The largest absolute Gasteiger partial charge is 0.480 e. The number of hydrogen-bond acceptors (Lipinski definition) is 3. The quantitative estimate of drug-likeness (QED) is 0.851. The van der Waals surface area contributed by atoms with Crippen LogP contribution in [-0.4, -0.2) is 32.9 Å². The van der Waals surface area contributed by atoms with Gasteiger partial charge in [-0.1, -0.05) is 19.9 Å². The van der Waals surface area contributed by atoms with Crippen molar-refractivity contribution < 1.29 is 14.7 Å². The maximum Gasteiger partial charge on any atom is 0.326 e. The van der Waals surface area contributed by atoms with E-state index < -0.39 is 12.0 Å². The highest BCUT2D eigenvalue weighted by Gasteiger charge is 2.38. The molecule has 1 aromatic heterocycles. The number of carbonyl (C=O) groups excluding carboxylic acids is 1. The van der Waals surface area contributed by atoms with E-state index >= 15 is 0 Å². The van der Waals surface area contributed by atoms with Gasteiger partial charge in [-0.3, -0.25) is 9.78 Å². The van der Waals surface area contributed by atoms with Gasteiger partial charge < -0.3 is 10.0 Å². The number of carboxylic acids is 1. The van der Waals surface area contributed by atoms with Crippen LogP contribution in [-0.2, 0) is 11.3 Å². The molecular weight excluding hydrogens is 220 g/mol. The number of aromatic nitrogens is 1. The van der Waals surface area contributed by atoms with Crippen molar-refractivity contribution in [1.29, 1.82) is 0 Å². The zero-order valence-electron chi connectivity index (χ0n) is 9.75. The fraction of sp³-hybridized carbons (Fsp3) is 0.417. The third kappa shape index (κ3) is 1.88. The molecule has 0 aliphatic carbocycles. The van der Waals surface area contributed by atoms with E-state index in [9.17, 15) is 14.7 Å². The van der Waals surface area contributed by atoms with E-state index in [0.29, 0.717) is 12.2 Å². The highest BCUT2D eigenvalue weighted by atomic mass is 16.4. The van der Waals surface area contributed by atoms with Crippen molar-refractivity contribution in [3.05, 3.63) is 29.6 Å². The summed E-state index contributed by atoms with van der Waals surface area (Å²) in [5.74, 6) is -1.39. The Labute approximate surface area is 99.1 Å². The number of rotatable bonds is 3. The average molecular weight is 234 g/mol. The number of carboxylic acid groups (broad SMARTS) is 1. The Morgan fingerprint density at radius 3 is 2.76 bits per heavy atom. The zero-order valence-corrected chi connectivity index (χ0v) is 9.75. The van der Waals surface area contributed by atoms with Gasteiger partial charge in [0.25, 0.3) is 5.91 Å². The summed E-state index contributed by atoms with van der Waals surface area (Å²) >= 11 is 0. The minimum absolute atomic E-state index is 0.134. The summed E-state index contributed by atoms with van der Waals surface area (Å²) in [5.41, 5.74) is 1.17. The second-order valence-corrected chi connectivity index (χ2v) is 4.47. The maximum absolute atomic E-state index is 12.0. The van der Waals surface area contributed by atoms with Gasteiger partial charge in [-0.05, 0) is 12.0 Å². The van der Waals surface area contributed by atoms with Gasteiger partial charge in [-0.2, -0.15) is 0 Å². The fourth-order valence-electron chi connectivity index (χ4n) is 2.15. The monoisotopic (exact) mass is 234 g/mol. The molecule has 1 aliphatic heterocycles. The summed E-state index contributed by atoms with van der Waals surface area (Å²) in [5, 5.41) is 9.19. The lowest BCUT2D eigenvalue weighted by molar-refractivity contribution is -0.144. The summed E-state index contributed by atoms with van der Waals surface area (Å²) in [6.45, 7) is 3.92. The summed E-state index contributed by atoms with van der Waals surface area (Å²) in [6.07, 6.45) is 1.55. The number of hydrogen-bond donors (Lipinski definition) is 1. The number of amides is 1. The van der Waals surface area contributed by atoms with Crippen LogP contribution in [0.15, 0.2) is 18.3 Å². The lowest BCUT2D eigenvalue weighted by Crippen LogP contribution is -2.44. The van der Waals surface area contributed by atoms with E-state index in [1.165, 1.54) is 4.90 Å². The number of pyridine rings is 1. The highest BCUT2D eigenvalue weighted by Crippen LogP contribution is 2.25. The summed E-state index contributed by atoms with van der Waals surface area (Å²) in [7, 11) is 0. The molecule has 90 valence electrons. The lowest BCUT2D eigenvalue weighted by atomic mass is 10.0. The predicted molar refractivity (Wildman–Crippen MR) is 60.4 cm³/mol. The third-order valence-electron chi connectivity index (χ3n) is 2.92. The molecule has 2 heterocycles. The molecule has 0 radical (unpaired) electrons. The van der Waals surface area contributed by atoms with Crippen LogP contribution < -0.4 is 0 Å². The molecule has 5 heteroatoms. The van der Waals surface area contributed by atoms with Crippen molar-refractivity contribution in [3.8, 4) is 0 Å². The van der Waals surface area contributed by atoms with E-state index in [-0.39, 0.29) is 11.8 Å². The molecule has 1 amide bonds. The van der Waals surface area contributed by atoms with Gasteiger partial charge in [0.2, 0.25) is 0 Å². The van der Waals surface area contributed by atoms with Crippen molar-refractivity contribution in [2.75, 3.05) is 0 Å². The Morgan fingerprint density at radius 1 is 1.53 bits per heavy atom. The van der Waals surface area contributed by atoms with Crippen LogP contribution in [0.4, 0.5) is 0 Å². The van der Waals surface area contributed by atoms with Crippen LogP contribution in [0.25, 0.3) is 0 Å². The lowest BCUT2D eigenvalue weighted by Gasteiger charge is -2.26. The molecule has 2 rings (SSSR count). The van der Waals surface area contributed by atoms with Crippen molar-refractivity contribution in [2.45, 2.75) is 26.4 Å². The normalized spacial score (nSPS) is 16.2. The van der Waals surface area contributed by atoms with Crippen molar-refractivity contribution in [1.82, 2.24) is 9.88 Å². The van der Waals surface area contributed by atoms with E-state index in [1.54, 1.807) is 32.2 Å². The Hall–Kier alpha value is -1.91. The van der Waals surface area contributed by atoms with Crippen LogP contribution in [0.3, 0.4) is 0 Å². The first-order valence-corrected chi connectivity index (χ1v) is 5.50. The highest BCUT2D eigenvalue weighted by molar-refractivity contribution is 5.98. The number of nitrogens with zero attached hydrogens (tertiary/aromatic N) is 2. The molecule has 1 N–H and O–H groups in total. The zero-order chi connectivity index (χ0) is 12.6. The average Bonchev–Trinajstić information content (AvgIpc) is 2.56. The molecule has 5 nitrogen and oxygen atoms in total. The van der Waals surface area contributed by atoms with E-state index in [2.05, 4.69) is 4.98 Å². The fourth-order valence-corrected chi connectivity index (χ4v) is 2.15. The minimum atomic E-state index is -0.971. The van der Waals surface area contributed by atoms with E-state index in [4.69, 9.17) is 0 Å². The minimum Gasteiger partial charge on any atom is -0.480 e. The second-order valence-electron chi connectivity index (χ2n) is 4.47. The maximum atomic E-state index is 12.0. The Kier molecular flexibility index (Phi) is 2.83. The number of aliphatic carboxylic acids is 1. The molecule has 0 bridgehead atoms. The molecule has 0 spiro atoms. The summed E-state index contributed by atoms with van der Waals surface area (Å²) in [6, 6.07) is 2.76. The molecule has 17 heavy (non-hydrogen) atoms. The second kappa shape index (κ2) is 4.16. The summed E-state index contributed by atoms with van der Waals surface area (Å²) < 4.78 is 0. The first-order valence-electron chi connectivity index (χ1n) is 5.50. The van der Waals surface area contributed by atoms with Gasteiger partial charge in [-0.25, -0.2) is 4.79 Å². The van der Waals surface area contributed by atoms with E-state index in [0.717, 1.165) is 5.56 Å². The summed E-state index contributed by atoms with van der Waals surface area (Å²) in [4.78, 5) is 28.6. The van der Waals surface area contributed by atoms with Crippen LogP contribution in [0.5, 0.6) is 0 Å². The van der Waals surface area contributed by atoms with E-state index in [1.807, 2.05) is 0 Å². The standard InChI is InChI=1S/C12H14N2O3/c1-7(2)10(12(16)17)14-6-8-4-3-5-13-9(8)11(14)15/h3-5,7,10H,6H2,1-2H3,(H,16,17)/t10-/m1/s1.